The number of anilines is 1. The number of carbonyl (C=O) groups excluding carboxylic acids is 1. The Bertz CT molecular complexity index is 627. The van der Waals surface area contributed by atoms with Gasteiger partial charge in [0.25, 0.3) is 0 Å². The van der Waals surface area contributed by atoms with E-state index in [4.69, 9.17) is 10.5 Å². The highest BCUT2D eigenvalue weighted by atomic mass is 32.2. The summed E-state index contributed by atoms with van der Waals surface area (Å²) in [5.74, 6) is -0.874. The lowest BCUT2D eigenvalue weighted by Gasteiger charge is -2.18. The number of sulfone groups is 1. The summed E-state index contributed by atoms with van der Waals surface area (Å²) in [6.07, 6.45) is 0. The molecule has 1 heterocycles. The van der Waals surface area contributed by atoms with Crippen LogP contribution in [0.15, 0.2) is 0 Å². The largest absolute Gasteiger partial charge is 0.460 e. The van der Waals surface area contributed by atoms with Crippen LogP contribution in [-0.2, 0) is 21.1 Å². The number of carbonyl (C=O) groups is 1. The third-order valence-corrected chi connectivity index (χ3v) is 5.75. The van der Waals surface area contributed by atoms with Crippen molar-refractivity contribution in [2.24, 2.45) is 0 Å². The minimum absolute atomic E-state index is 0.170. The van der Waals surface area contributed by atoms with Crippen LogP contribution >= 0.6 is 0 Å². The average molecular weight is 317 g/mol. The minimum atomic E-state index is -3.33. The van der Waals surface area contributed by atoms with E-state index >= 15 is 0 Å². The molecule has 0 aliphatic heterocycles. The van der Waals surface area contributed by atoms with Crippen LogP contribution in [-0.4, -0.2) is 41.3 Å². The van der Waals surface area contributed by atoms with E-state index in [9.17, 15) is 13.2 Å². The molecule has 1 rings (SSSR count). The molecule has 1 aromatic rings. The van der Waals surface area contributed by atoms with Crippen molar-refractivity contribution in [1.29, 1.82) is 0 Å². The van der Waals surface area contributed by atoms with E-state index in [1.165, 1.54) is 4.68 Å². The van der Waals surface area contributed by atoms with Gasteiger partial charge in [-0.1, -0.05) is 0 Å². The molecule has 0 saturated carbocycles. The molecule has 0 unspecified atom stereocenters. The Morgan fingerprint density at radius 2 is 1.95 bits per heavy atom. The van der Waals surface area contributed by atoms with Gasteiger partial charge in [0.1, 0.15) is 6.61 Å². The molecule has 0 radical (unpaired) electrons. The molecule has 0 spiro atoms. The summed E-state index contributed by atoms with van der Waals surface area (Å²) >= 11 is 0. The molecule has 0 fully saturated rings. The number of rotatable bonds is 5. The molecule has 0 amide bonds. The summed E-state index contributed by atoms with van der Waals surface area (Å²) in [5.41, 5.74) is 6.79. The van der Waals surface area contributed by atoms with E-state index in [0.717, 1.165) is 0 Å². The first kappa shape index (κ1) is 17.5. The van der Waals surface area contributed by atoms with Crippen molar-refractivity contribution in [3.05, 3.63) is 11.4 Å². The number of hydrogen-bond acceptors (Lipinski definition) is 6. The number of aryl methyl sites for hydroxylation is 2. The second-order valence-electron chi connectivity index (χ2n) is 5.73. The van der Waals surface area contributed by atoms with Gasteiger partial charge in [-0.3, -0.25) is 4.68 Å². The molecule has 0 aliphatic carbocycles. The normalized spacial score (nSPS) is 12.4. The fourth-order valence-electron chi connectivity index (χ4n) is 1.66. The van der Waals surface area contributed by atoms with Gasteiger partial charge in [-0.2, -0.15) is 5.10 Å². The van der Waals surface area contributed by atoms with Crippen molar-refractivity contribution in [2.75, 3.05) is 18.1 Å². The zero-order chi connectivity index (χ0) is 16.4. The predicted octanol–water partition coefficient (Wildman–Crippen LogP) is 1.16. The summed E-state index contributed by atoms with van der Waals surface area (Å²) < 4.78 is 29.5. The van der Waals surface area contributed by atoms with Gasteiger partial charge in [-0.05, 0) is 34.6 Å². The third-order valence-electron chi connectivity index (χ3n) is 3.18. The fraction of sp³-hybridized carbons (Fsp3) is 0.692. The SMILES string of the molecule is CCn1nc(C)c(N)c1C(=O)OCCS(=O)(=O)C(C)(C)C. The van der Waals surface area contributed by atoms with Crippen molar-refractivity contribution in [2.45, 2.75) is 45.9 Å². The lowest BCUT2D eigenvalue weighted by Crippen LogP contribution is -2.32. The molecule has 0 atom stereocenters. The van der Waals surface area contributed by atoms with Gasteiger partial charge in [-0.15, -0.1) is 0 Å². The molecule has 0 aliphatic rings. The van der Waals surface area contributed by atoms with Crippen molar-refractivity contribution < 1.29 is 17.9 Å². The maximum atomic E-state index is 12.0. The van der Waals surface area contributed by atoms with Crippen LogP contribution in [0.4, 0.5) is 5.69 Å². The van der Waals surface area contributed by atoms with Crippen LogP contribution in [0.3, 0.4) is 0 Å². The summed E-state index contributed by atoms with van der Waals surface area (Å²) in [7, 11) is -3.33. The maximum Gasteiger partial charge on any atom is 0.358 e. The zero-order valence-corrected chi connectivity index (χ0v) is 14.0. The molecule has 7 nitrogen and oxygen atoms in total. The van der Waals surface area contributed by atoms with Crippen molar-refractivity contribution in [3.63, 3.8) is 0 Å². The van der Waals surface area contributed by atoms with Gasteiger partial charge in [0.05, 0.1) is 21.9 Å². The van der Waals surface area contributed by atoms with Crippen LogP contribution < -0.4 is 5.73 Å². The van der Waals surface area contributed by atoms with Crippen LogP contribution in [0.1, 0.15) is 43.9 Å². The van der Waals surface area contributed by atoms with Gasteiger partial charge < -0.3 is 10.5 Å². The second kappa shape index (κ2) is 6.05. The molecular formula is C13H23N3O4S. The third kappa shape index (κ3) is 3.75. The highest BCUT2D eigenvalue weighted by Crippen LogP contribution is 2.18. The van der Waals surface area contributed by atoms with Gasteiger partial charge in [0.2, 0.25) is 0 Å². The first-order valence-corrected chi connectivity index (χ1v) is 8.38. The average Bonchev–Trinajstić information content (AvgIpc) is 2.63. The molecule has 8 heteroatoms. The Labute approximate surface area is 125 Å². The van der Waals surface area contributed by atoms with Crippen molar-refractivity contribution in [3.8, 4) is 0 Å². The smallest absolute Gasteiger partial charge is 0.358 e. The Morgan fingerprint density at radius 1 is 1.38 bits per heavy atom. The quantitative estimate of drug-likeness (QED) is 0.817. The van der Waals surface area contributed by atoms with Gasteiger partial charge in [0, 0.05) is 6.54 Å². The summed E-state index contributed by atoms with van der Waals surface area (Å²) in [4.78, 5) is 12.0. The molecule has 21 heavy (non-hydrogen) atoms. The molecule has 120 valence electrons. The lowest BCUT2D eigenvalue weighted by molar-refractivity contribution is 0.0516. The van der Waals surface area contributed by atoms with Gasteiger partial charge >= 0.3 is 5.97 Å². The number of aromatic nitrogens is 2. The standard InChI is InChI=1S/C13H23N3O4S/c1-6-16-11(10(14)9(2)15-16)12(17)20-7-8-21(18,19)13(3,4)5/h6-8,14H2,1-5H3. The Morgan fingerprint density at radius 3 is 2.43 bits per heavy atom. The van der Waals surface area contributed by atoms with E-state index in [2.05, 4.69) is 5.10 Å². The lowest BCUT2D eigenvalue weighted by atomic mass is 10.3. The predicted molar refractivity (Wildman–Crippen MR) is 80.9 cm³/mol. The fourth-order valence-corrected chi connectivity index (χ4v) is 2.57. The van der Waals surface area contributed by atoms with Gasteiger partial charge in [0.15, 0.2) is 15.5 Å². The Balaban J connectivity index is 2.77. The van der Waals surface area contributed by atoms with E-state index < -0.39 is 20.6 Å². The van der Waals surface area contributed by atoms with E-state index in [1.807, 2.05) is 6.92 Å². The van der Waals surface area contributed by atoms with Gasteiger partial charge in [-0.25, -0.2) is 13.2 Å². The summed E-state index contributed by atoms with van der Waals surface area (Å²) in [6, 6.07) is 0. The number of esters is 1. The monoisotopic (exact) mass is 317 g/mol. The number of hydrogen-bond donors (Lipinski definition) is 1. The van der Waals surface area contributed by atoms with Crippen LogP contribution in [0.5, 0.6) is 0 Å². The molecule has 0 saturated heterocycles. The Kier molecular flexibility index (Phi) is 5.03. The molecular weight excluding hydrogens is 294 g/mol. The first-order valence-electron chi connectivity index (χ1n) is 6.73. The van der Waals surface area contributed by atoms with E-state index in [0.29, 0.717) is 12.2 Å². The molecule has 0 bridgehead atoms. The molecule has 1 aromatic heterocycles. The molecule has 2 N–H and O–H groups in total. The van der Waals surface area contributed by atoms with Crippen LogP contribution in [0.2, 0.25) is 0 Å². The van der Waals surface area contributed by atoms with E-state index in [1.54, 1.807) is 27.7 Å². The number of nitrogens with zero attached hydrogens (tertiary/aromatic N) is 2. The highest BCUT2D eigenvalue weighted by molar-refractivity contribution is 7.92. The summed E-state index contributed by atoms with van der Waals surface area (Å²) in [6.45, 7) is 8.62. The van der Waals surface area contributed by atoms with Crippen molar-refractivity contribution >= 4 is 21.5 Å². The summed E-state index contributed by atoms with van der Waals surface area (Å²) in [5, 5.41) is 4.12. The number of nitrogens with two attached hydrogens (primary N) is 1. The highest BCUT2D eigenvalue weighted by Gasteiger charge is 2.29. The minimum Gasteiger partial charge on any atom is -0.460 e. The number of nitrogen functional groups attached to an aromatic ring is 1. The van der Waals surface area contributed by atoms with Crippen LogP contribution in [0, 0.1) is 6.92 Å². The zero-order valence-electron chi connectivity index (χ0n) is 13.1. The van der Waals surface area contributed by atoms with Crippen LogP contribution in [0.25, 0.3) is 0 Å². The molecule has 0 aromatic carbocycles. The first-order chi connectivity index (χ1) is 9.51. The Hall–Kier alpha value is -1.57. The second-order valence-corrected chi connectivity index (χ2v) is 8.59. The number of ether oxygens (including phenoxy) is 1. The van der Waals surface area contributed by atoms with E-state index in [-0.39, 0.29) is 23.7 Å². The topological polar surface area (TPSA) is 104 Å². The maximum absolute atomic E-state index is 12.0. The van der Waals surface area contributed by atoms with Crippen molar-refractivity contribution in [1.82, 2.24) is 9.78 Å².